The Balaban J connectivity index is 2.19. The van der Waals surface area contributed by atoms with Gasteiger partial charge in [-0.05, 0) is 50.3 Å². The van der Waals surface area contributed by atoms with Crippen molar-refractivity contribution in [1.29, 1.82) is 0 Å². The van der Waals surface area contributed by atoms with E-state index in [1.165, 1.54) is 0 Å². The number of carbonyl (C=O) groups is 1. The summed E-state index contributed by atoms with van der Waals surface area (Å²) in [5.41, 5.74) is 3.51. The first-order valence-electron chi connectivity index (χ1n) is 5.57. The minimum absolute atomic E-state index is 0.0116. The molecule has 4 heteroatoms. The molecule has 1 heterocycles. The zero-order valence-electron chi connectivity index (χ0n) is 10.2. The van der Waals surface area contributed by atoms with Gasteiger partial charge in [-0.15, -0.1) is 0 Å². The lowest BCUT2D eigenvalue weighted by Crippen LogP contribution is -1.93. The zero-order valence-corrected chi connectivity index (χ0v) is 11.8. The van der Waals surface area contributed by atoms with Gasteiger partial charge in [0, 0.05) is 21.3 Å². The fourth-order valence-corrected chi connectivity index (χ4v) is 1.94. The van der Waals surface area contributed by atoms with Crippen LogP contribution in [0.4, 0.5) is 0 Å². The van der Waals surface area contributed by atoms with E-state index in [1.807, 2.05) is 26.0 Å². The van der Waals surface area contributed by atoms with Gasteiger partial charge < -0.3 is 0 Å². The third-order valence-corrected chi connectivity index (χ3v) is 3.24. The van der Waals surface area contributed by atoms with Gasteiger partial charge in [-0.3, -0.25) is 9.89 Å². The van der Waals surface area contributed by atoms with E-state index in [4.69, 9.17) is 0 Å². The predicted octanol–water partition coefficient (Wildman–Crippen LogP) is 3.69. The molecule has 92 valence electrons. The predicted molar refractivity (Wildman–Crippen MR) is 75.6 cm³/mol. The molecule has 0 spiro atoms. The summed E-state index contributed by atoms with van der Waals surface area (Å²) in [6, 6.07) is 7.31. The van der Waals surface area contributed by atoms with Gasteiger partial charge in [0.05, 0.1) is 5.69 Å². The van der Waals surface area contributed by atoms with E-state index in [1.54, 1.807) is 24.3 Å². The number of nitrogens with zero attached hydrogens (tertiary/aromatic N) is 1. The fourth-order valence-electron chi connectivity index (χ4n) is 1.67. The molecular weight excluding hydrogens is 292 g/mol. The summed E-state index contributed by atoms with van der Waals surface area (Å²) >= 11 is 3.34. The normalized spacial score (nSPS) is 11.1. The molecule has 18 heavy (non-hydrogen) atoms. The van der Waals surface area contributed by atoms with Crippen molar-refractivity contribution in [3.63, 3.8) is 0 Å². The van der Waals surface area contributed by atoms with E-state index < -0.39 is 0 Å². The molecule has 2 rings (SSSR count). The molecule has 0 unspecified atom stereocenters. The molecule has 0 fully saturated rings. The molecular formula is C14H13BrN2O. The van der Waals surface area contributed by atoms with Crippen LogP contribution in [-0.4, -0.2) is 16.0 Å². The monoisotopic (exact) mass is 304 g/mol. The summed E-state index contributed by atoms with van der Waals surface area (Å²) in [6.45, 7) is 3.84. The van der Waals surface area contributed by atoms with Crippen LogP contribution < -0.4 is 0 Å². The standard InChI is InChI=1S/C14H13BrN2O/c1-9-13(10(2)17-16-9)7-8-14(18)11-3-5-12(15)6-4-11/h3-8H,1-2H3,(H,16,17). The van der Waals surface area contributed by atoms with Crippen LogP contribution in [0, 0.1) is 13.8 Å². The zero-order chi connectivity index (χ0) is 13.1. The Morgan fingerprint density at radius 2 is 1.94 bits per heavy atom. The quantitative estimate of drug-likeness (QED) is 0.694. The lowest BCUT2D eigenvalue weighted by molar-refractivity contribution is 0.104. The number of aromatic nitrogens is 2. The Labute approximate surface area is 114 Å². The Hall–Kier alpha value is -1.68. The maximum absolute atomic E-state index is 11.9. The molecule has 0 saturated heterocycles. The van der Waals surface area contributed by atoms with Crippen molar-refractivity contribution in [2.45, 2.75) is 13.8 Å². The summed E-state index contributed by atoms with van der Waals surface area (Å²) in [5.74, 6) is -0.0116. The first-order valence-corrected chi connectivity index (χ1v) is 6.37. The van der Waals surface area contributed by atoms with E-state index in [0.717, 1.165) is 21.4 Å². The maximum atomic E-state index is 11.9. The molecule has 3 nitrogen and oxygen atoms in total. The van der Waals surface area contributed by atoms with E-state index in [-0.39, 0.29) is 5.78 Å². The van der Waals surface area contributed by atoms with Crippen molar-refractivity contribution in [2.24, 2.45) is 0 Å². The average molecular weight is 305 g/mol. The van der Waals surface area contributed by atoms with Crippen LogP contribution in [0.5, 0.6) is 0 Å². The van der Waals surface area contributed by atoms with Gasteiger partial charge in [-0.25, -0.2) is 0 Å². The number of hydrogen-bond acceptors (Lipinski definition) is 2. The number of H-pyrrole nitrogens is 1. The first kappa shape index (κ1) is 12.8. The minimum Gasteiger partial charge on any atom is -0.289 e. The molecule has 0 saturated carbocycles. The van der Waals surface area contributed by atoms with Crippen LogP contribution in [-0.2, 0) is 0 Å². The topological polar surface area (TPSA) is 45.8 Å². The number of benzene rings is 1. The molecule has 0 radical (unpaired) electrons. The molecule has 0 aliphatic carbocycles. The van der Waals surface area contributed by atoms with Crippen LogP contribution in [0.2, 0.25) is 0 Å². The van der Waals surface area contributed by atoms with E-state index in [9.17, 15) is 4.79 Å². The number of rotatable bonds is 3. The summed E-state index contributed by atoms with van der Waals surface area (Å²) in [4.78, 5) is 11.9. The second-order valence-corrected chi connectivity index (χ2v) is 4.97. The molecule has 1 aromatic carbocycles. The van der Waals surface area contributed by atoms with E-state index >= 15 is 0 Å². The fraction of sp³-hybridized carbons (Fsp3) is 0.143. The summed E-state index contributed by atoms with van der Waals surface area (Å²) in [6.07, 6.45) is 3.38. The maximum Gasteiger partial charge on any atom is 0.185 e. The summed E-state index contributed by atoms with van der Waals surface area (Å²) in [5, 5.41) is 6.97. The highest BCUT2D eigenvalue weighted by Gasteiger charge is 2.04. The van der Waals surface area contributed by atoms with Gasteiger partial charge in [0.15, 0.2) is 5.78 Å². The lowest BCUT2D eigenvalue weighted by atomic mass is 10.1. The smallest absolute Gasteiger partial charge is 0.185 e. The Morgan fingerprint density at radius 1 is 1.28 bits per heavy atom. The van der Waals surface area contributed by atoms with Crippen LogP contribution in [0.1, 0.15) is 27.3 Å². The first-order chi connectivity index (χ1) is 8.58. The van der Waals surface area contributed by atoms with Gasteiger partial charge in [-0.2, -0.15) is 5.10 Å². The average Bonchev–Trinajstić information content (AvgIpc) is 2.67. The minimum atomic E-state index is -0.0116. The molecule has 0 aliphatic rings. The van der Waals surface area contributed by atoms with Crippen molar-refractivity contribution in [1.82, 2.24) is 10.2 Å². The van der Waals surface area contributed by atoms with Crippen molar-refractivity contribution >= 4 is 27.8 Å². The number of aryl methyl sites for hydroxylation is 2. The lowest BCUT2D eigenvalue weighted by Gasteiger charge is -1.96. The second-order valence-electron chi connectivity index (χ2n) is 4.05. The van der Waals surface area contributed by atoms with Crippen LogP contribution in [0.15, 0.2) is 34.8 Å². The van der Waals surface area contributed by atoms with Crippen molar-refractivity contribution in [2.75, 3.05) is 0 Å². The van der Waals surface area contributed by atoms with Gasteiger partial charge >= 0.3 is 0 Å². The number of aromatic amines is 1. The molecule has 0 aliphatic heterocycles. The van der Waals surface area contributed by atoms with Crippen molar-refractivity contribution in [3.8, 4) is 0 Å². The second kappa shape index (κ2) is 5.31. The van der Waals surface area contributed by atoms with E-state index in [2.05, 4.69) is 26.1 Å². The van der Waals surface area contributed by atoms with Crippen LogP contribution in [0.3, 0.4) is 0 Å². The van der Waals surface area contributed by atoms with Crippen LogP contribution >= 0.6 is 15.9 Å². The molecule has 0 amide bonds. The highest BCUT2D eigenvalue weighted by Crippen LogP contribution is 2.14. The number of hydrogen-bond donors (Lipinski definition) is 1. The number of carbonyl (C=O) groups excluding carboxylic acids is 1. The molecule has 1 N–H and O–H groups in total. The molecule has 0 atom stereocenters. The van der Waals surface area contributed by atoms with Gasteiger partial charge in [-0.1, -0.05) is 15.9 Å². The number of halogens is 1. The van der Waals surface area contributed by atoms with Crippen LogP contribution in [0.25, 0.3) is 6.08 Å². The summed E-state index contributed by atoms with van der Waals surface area (Å²) in [7, 11) is 0. The molecule has 0 bridgehead atoms. The number of allylic oxidation sites excluding steroid dienone is 1. The Morgan fingerprint density at radius 3 is 2.50 bits per heavy atom. The third-order valence-electron chi connectivity index (χ3n) is 2.72. The van der Waals surface area contributed by atoms with Crippen molar-refractivity contribution < 1.29 is 4.79 Å². The Bertz CT molecular complexity index is 577. The number of ketones is 1. The van der Waals surface area contributed by atoms with Crippen molar-refractivity contribution in [3.05, 3.63) is 57.3 Å². The van der Waals surface area contributed by atoms with E-state index in [0.29, 0.717) is 5.56 Å². The van der Waals surface area contributed by atoms with Gasteiger partial charge in [0.1, 0.15) is 0 Å². The molecule has 1 aromatic heterocycles. The highest BCUT2D eigenvalue weighted by atomic mass is 79.9. The summed E-state index contributed by atoms with van der Waals surface area (Å²) < 4.78 is 0.963. The van der Waals surface area contributed by atoms with Gasteiger partial charge in [0.25, 0.3) is 0 Å². The SMILES string of the molecule is Cc1n[nH]c(C)c1C=CC(=O)c1ccc(Br)cc1. The largest absolute Gasteiger partial charge is 0.289 e. The van der Waals surface area contributed by atoms with Gasteiger partial charge in [0.2, 0.25) is 0 Å². The highest BCUT2D eigenvalue weighted by molar-refractivity contribution is 9.10. The third kappa shape index (κ3) is 2.76. The molecule has 2 aromatic rings. The Kier molecular flexibility index (Phi) is 3.77. The number of nitrogens with one attached hydrogen (secondary N) is 1.